The number of nitrogens with zero attached hydrogens (tertiary/aromatic N) is 2. The molecule has 0 saturated heterocycles. The van der Waals surface area contributed by atoms with Crippen molar-refractivity contribution >= 4 is 79.8 Å². The third-order valence-corrected chi connectivity index (χ3v) is 6.58. The summed E-state index contributed by atoms with van der Waals surface area (Å²) in [5.74, 6) is -1.42. The maximum atomic E-state index is 13.0. The summed E-state index contributed by atoms with van der Waals surface area (Å²) < 4.78 is 0.995. The molecule has 0 aliphatic carbocycles. The molecule has 4 rings (SSSR count). The molecule has 2 N–H and O–H groups in total. The molecule has 0 bridgehead atoms. The first-order valence-electron chi connectivity index (χ1n) is 9.40. The highest BCUT2D eigenvalue weighted by molar-refractivity contribution is 14.1. The lowest BCUT2D eigenvalue weighted by Crippen LogP contribution is -2.32. The van der Waals surface area contributed by atoms with E-state index < -0.39 is 11.8 Å². The van der Waals surface area contributed by atoms with Crippen LogP contribution in [0, 0.1) is 17.4 Å². The molecule has 3 amide bonds. The van der Waals surface area contributed by atoms with E-state index in [4.69, 9.17) is 11.6 Å². The molecule has 32 heavy (non-hydrogen) atoms. The number of thiazole rings is 1. The number of anilines is 3. The van der Waals surface area contributed by atoms with Gasteiger partial charge in [-0.25, -0.2) is 9.88 Å². The maximum absolute atomic E-state index is 13.0. The molecule has 0 atom stereocenters. The molecule has 0 spiro atoms. The number of nitrogens with one attached hydrogen (secondary N) is 2. The molecule has 1 aliphatic rings. The normalized spacial score (nSPS) is 13.7. The van der Waals surface area contributed by atoms with Crippen LogP contribution in [0.4, 0.5) is 16.5 Å². The van der Waals surface area contributed by atoms with Gasteiger partial charge in [-0.2, -0.15) is 0 Å². The Balaban J connectivity index is 1.50. The van der Waals surface area contributed by atoms with Gasteiger partial charge in [-0.05, 0) is 84.5 Å². The number of hydrogen-bond acceptors (Lipinski definition) is 6. The molecule has 2 heterocycles. The fraction of sp³-hybridized carbons (Fsp3) is 0.0909. The Bertz CT molecular complexity index is 1290. The van der Waals surface area contributed by atoms with Gasteiger partial charge < -0.3 is 5.32 Å². The number of benzene rings is 2. The van der Waals surface area contributed by atoms with Crippen LogP contribution >= 0.6 is 45.5 Å². The molecule has 1 aliphatic heterocycles. The van der Waals surface area contributed by atoms with Crippen LogP contribution in [0.5, 0.6) is 0 Å². The lowest BCUT2D eigenvalue weighted by Gasteiger charge is -2.17. The minimum atomic E-state index is -0.585. The minimum Gasteiger partial charge on any atom is -0.350 e. The largest absolute Gasteiger partial charge is 0.350 e. The van der Waals surface area contributed by atoms with Crippen molar-refractivity contribution in [2.24, 2.45) is 0 Å². The van der Waals surface area contributed by atoms with Gasteiger partial charge in [0.15, 0.2) is 5.13 Å². The van der Waals surface area contributed by atoms with E-state index in [2.05, 4.69) is 38.2 Å². The van der Waals surface area contributed by atoms with Gasteiger partial charge in [0.1, 0.15) is 10.7 Å². The van der Waals surface area contributed by atoms with Gasteiger partial charge in [0, 0.05) is 20.2 Å². The van der Waals surface area contributed by atoms with Crippen LogP contribution in [-0.2, 0) is 9.59 Å². The van der Waals surface area contributed by atoms with E-state index >= 15 is 0 Å². The predicted octanol–water partition coefficient (Wildman–Crippen LogP) is 5.05. The van der Waals surface area contributed by atoms with Gasteiger partial charge in [0.05, 0.1) is 11.4 Å². The first kappa shape index (κ1) is 22.4. The lowest BCUT2D eigenvalue weighted by molar-refractivity contribution is -0.120. The number of hydrogen-bond donors (Lipinski definition) is 2. The first-order valence-corrected chi connectivity index (χ1v) is 11.7. The van der Waals surface area contributed by atoms with Gasteiger partial charge in [0.25, 0.3) is 17.7 Å². The van der Waals surface area contributed by atoms with E-state index in [-0.39, 0.29) is 16.6 Å². The van der Waals surface area contributed by atoms with Crippen LogP contribution in [0.25, 0.3) is 0 Å². The molecular formula is C22H16ClIN4O3S. The van der Waals surface area contributed by atoms with Crippen molar-refractivity contribution in [3.63, 3.8) is 0 Å². The Hall–Kier alpha value is -2.76. The Morgan fingerprint density at radius 3 is 2.44 bits per heavy atom. The second-order valence-electron chi connectivity index (χ2n) is 7.02. The van der Waals surface area contributed by atoms with Crippen molar-refractivity contribution in [3.05, 3.63) is 79.0 Å². The summed E-state index contributed by atoms with van der Waals surface area (Å²) in [6.45, 7) is 3.68. The number of amides is 3. The number of rotatable bonds is 5. The summed E-state index contributed by atoms with van der Waals surface area (Å²) in [6.07, 6.45) is 0. The van der Waals surface area contributed by atoms with Crippen molar-refractivity contribution in [1.29, 1.82) is 0 Å². The number of aromatic nitrogens is 1. The second-order valence-corrected chi connectivity index (χ2v) is 9.50. The topological polar surface area (TPSA) is 91.4 Å². The Kier molecular flexibility index (Phi) is 6.31. The predicted molar refractivity (Wildman–Crippen MR) is 134 cm³/mol. The van der Waals surface area contributed by atoms with Gasteiger partial charge in [0.2, 0.25) is 0 Å². The Labute approximate surface area is 206 Å². The smallest absolute Gasteiger partial charge is 0.283 e. The van der Waals surface area contributed by atoms with Crippen molar-refractivity contribution in [1.82, 2.24) is 4.98 Å². The quantitative estimate of drug-likeness (QED) is 0.327. The van der Waals surface area contributed by atoms with E-state index in [0.29, 0.717) is 22.1 Å². The molecule has 2 aromatic carbocycles. The number of halogens is 2. The zero-order valence-corrected chi connectivity index (χ0v) is 20.6. The second kappa shape index (κ2) is 9.00. The highest BCUT2D eigenvalue weighted by atomic mass is 127. The van der Waals surface area contributed by atoms with Crippen molar-refractivity contribution in [2.75, 3.05) is 15.5 Å². The fourth-order valence-corrected chi connectivity index (χ4v) is 4.67. The average Bonchev–Trinajstić information content (AvgIpc) is 3.25. The van der Waals surface area contributed by atoms with Gasteiger partial charge in [-0.15, -0.1) is 11.3 Å². The molecule has 3 aromatic rings. The SMILES string of the molecule is Cc1csc(NC(=O)c2ccc(NC3=C(Cl)C(=O)N(c4ccc(I)cc4C)C3=O)cc2)n1. The van der Waals surface area contributed by atoms with E-state index in [0.717, 1.165) is 19.7 Å². The molecule has 7 nitrogen and oxygen atoms in total. The number of carbonyl (C=O) groups is 3. The number of carbonyl (C=O) groups excluding carboxylic acids is 3. The summed E-state index contributed by atoms with van der Waals surface area (Å²) in [5.41, 5.74) is 3.04. The zero-order chi connectivity index (χ0) is 23.0. The Morgan fingerprint density at radius 1 is 1.09 bits per heavy atom. The van der Waals surface area contributed by atoms with Gasteiger partial charge >= 0.3 is 0 Å². The summed E-state index contributed by atoms with van der Waals surface area (Å²) in [4.78, 5) is 43.3. The summed E-state index contributed by atoms with van der Waals surface area (Å²) >= 11 is 9.72. The summed E-state index contributed by atoms with van der Waals surface area (Å²) in [5, 5.41) is 7.83. The van der Waals surface area contributed by atoms with Crippen molar-refractivity contribution < 1.29 is 14.4 Å². The van der Waals surface area contributed by atoms with Crippen LogP contribution in [0.1, 0.15) is 21.6 Å². The molecule has 0 fully saturated rings. The Morgan fingerprint density at radius 2 is 1.81 bits per heavy atom. The first-order chi connectivity index (χ1) is 15.2. The lowest BCUT2D eigenvalue weighted by atomic mass is 10.2. The summed E-state index contributed by atoms with van der Waals surface area (Å²) in [7, 11) is 0. The number of imide groups is 1. The van der Waals surface area contributed by atoms with E-state index in [1.165, 1.54) is 11.3 Å². The van der Waals surface area contributed by atoms with Gasteiger partial charge in [-0.3, -0.25) is 19.7 Å². The van der Waals surface area contributed by atoms with Crippen LogP contribution in [0.15, 0.2) is 58.6 Å². The molecule has 0 radical (unpaired) electrons. The number of aryl methyl sites for hydroxylation is 2. The molecule has 0 unspecified atom stereocenters. The van der Waals surface area contributed by atoms with Gasteiger partial charge in [-0.1, -0.05) is 11.6 Å². The maximum Gasteiger partial charge on any atom is 0.283 e. The zero-order valence-electron chi connectivity index (χ0n) is 16.9. The van der Waals surface area contributed by atoms with Crippen LogP contribution < -0.4 is 15.5 Å². The van der Waals surface area contributed by atoms with Crippen LogP contribution in [-0.4, -0.2) is 22.7 Å². The molecule has 1 aromatic heterocycles. The average molecular weight is 579 g/mol. The molecule has 162 valence electrons. The fourth-order valence-electron chi connectivity index (χ4n) is 3.13. The standard InChI is InChI=1S/C22H16ClIN4O3S/c1-11-9-14(24)5-8-16(11)28-20(30)17(23)18(21(28)31)26-15-6-3-13(4-7-15)19(29)27-22-25-12(2)10-32-22/h3-10,26H,1-2H3,(H,25,27,29). The monoisotopic (exact) mass is 578 g/mol. The minimum absolute atomic E-state index is 0.00919. The van der Waals surface area contributed by atoms with Crippen molar-refractivity contribution in [3.8, 4) is 0 Å². The van der Waals surface area contributed by atoms with Crippen LogP contribution in [0.3, 0.4) is 0 Å². The van der Waals surface area contributed by atoms with E-state index in [1.807, 2.05) is 31.4 Å². The molecular weight excluding hydrogens is 563 g/mol. The molecule has 10 heteroatoms. The molecule has 0 saturated carbocycles. The van der Waals surface area contributed by atoms with Crippen LogP contribution in [0.2, 0.25) is 0 Å². The van der Waals surface area contributed by atoms with E-state index in [9.17, 15) is 14.4 Å². The highest BCUT2D eigenvalue weighted by Gasteiger charge is 2.39. The third-order valence-electron chi connectivity index (χ3n) is 4.68. The summed E-state index contributed by atoms with van der Waals surface area (Å²) in [6, 6.07) is 11.9. The highest BCUT2D eigenvalue weighted by Crippen LogP contribution is 2.32. The third kappa shape index (κ3) is 4.41. The van der Waals surface area contributed by atoms with E-state index in [1.54, 1.807) is 30.3 Å². The van der Waals surface area contributed by atoms with Crippen molar-refractivity contribution in [2.45, 2.75) is 13.8 Å².